The molecule has 0 saturated carbocycles. The number of anilines is 1. The van der Waals surface area contributed by atoms with Crippen LogP contribution in [0, 0.1) is 11.3 Å². The molecule has 3 aromatic rings. The van der Waals surface area contributed by atoms with E-state index < -0.39 is 0 Å². The van der Waals surface area contributed by atoms with Crippen molar-refractivity contribution in [1.29, 1.82) is 5.26 Å². The molecule has 1 fully saturated rings. The van der Waals surface area contributed by atoms with Crippen LogP contribution < -0.4 is 5.32 Å². The molecular formula is C20H16BrN5O2. The van der Waals surface area contributed by atoms with Crippen LogP contribution in [0.5, 0.6) is 0 Å². The highest BCUT2D eigenvalue weighted by Crippen LogP contribution is 2.32. The Hall–Kier alpha value is -3.18. The molecule has 0 spiro atoms. The highest BCUT2D eigenvalue weighted by atomic mass is 79.9. The van der Waals surface area contributed by atoms with Gasteiger partial charge in [0.05, 0.1) is 11.6 Å². The molecule has 4 rings (SSSR count). The summed E-state index contributed by atoms with van der Waals surface area (Å²) in [6, 6.07) is 16.0. The lowest BCUT2D eigenvalue weighted by Crippen LogP contribution is -2.34. The van der Waals surface area contributed by atoms with Crippen molar-refractivity contribution in [2.24, 2.45) is 0 Å². The second kappa shape index (κ2) is 7.82. The summed E-state index contributed by atoms with van der Waals surface area (Å²) in [5, 5.41) is 15.9. The Kier molecular flexibility index (Phi) is 5.08. The van der Waals surface area contributed by atoms with Gasteiger partial charge in [-0.3, -0.25) is 0 Å². The van der Waals surface area contributed by atoms with E-state index >= 15 is 0 Å². The molecule has 1 aliphatic heterocycles. The molecular weight excluding hydrogens is 422 g/mol. The number of amides is 2. The number of halogens is 1. The van der Waals surface area contributed by atoms with E-state index in [0.29, 0.717) is 29.5 Å². The lowest BCUT2D eigenvalue weighted by molar-refractivity contribution is 0.193. The predicted molar refractivity (Wildman–Crippen MR) is 106 cm³/mol. The lowest BCUT2D eigenvalue weighted by atomic mass is 10.2. The van der Waals surface area contributed by atoms with Gasteiger partial charge >= 0.3 is 6.03 Å². The van der Waals surface area contributed by atoms with Crippen LogP contribution in [0.2, 0.25) is 0 Å². The van der Waals surface area contributed by atoms with Crippen molar-refractivity contribution in [2.45, 2.75) is 18.9 Å². The van der Waals surface area contributed by atoms with Gasteiger partial charge in [0.1, 0.15) is 6.04 Å². The number of nitriles is 1. The number of hydrogen-bond donors (Lipinski definition) is 1. The van der Waals surface area contributed by atoms with Gasteiger partial charge in [0.2, 0.25) is 11.7 Å². The van der Waals surface area contributed by atoms with Crippen LogP contribution in [0.25, 0.3) is 11.4 Å². The number of likely N-dealkylation sites (tertiary alicyclic amines) is 1. The predicted octanol–water partition coefficient (Wildman–Crippen LogP) is 4.74. The van der Waals surface area contributed by atoms with Gasteiger partial charge in [-0.25, -0.2) is 4.79 Å². The Morgan fingerprint density at radius 3 is 2.89 bits per heavy atom. The van der Waals surface area contributed by atoms with E-state index in [4.69, 9.17) is 9.78 Å². The summed E-state index contributed by atoms with van der Waals surface area (Å²) in [4.78, 5) is 18.9. The van der Waals surface area contributed by atoms with E-state index in [0.717, 1.165) is 22.9 Å². The zero-order valence-corrected chi connectivity index (χ0v) is 16.4. The molecule has 7 nitrogen and oxygen atoms in total. The first-order chi connectivity index (χ1) is 13.6. The number of nitrogens with zero attached hydrogens (tertiary/aromatic N) is 4. The Balaban J connectivity index is 1.51. The molecule has 1 unspecified atom stereocenters. The van der Waals surface area contributed by atoms with Crippen molar-refractivity contribution in [1.82, 2.24) is 15.0 Å². The van der Waals surface area contributed by atoms with Gasteiger partial charge in [0, 0.05) is 22.3 Å². The number of hydrogen-bond acceptors (Lipinski definition) is 5. The minimum absolute atomic E-state index is 0.249. The summed E-state index contributed by atoms with van der Waals surface area (Å²) in [5.74, 6) is 0.924. The van der Waals surface area contributed by atoms with Crippen LogP contribution in [0.1, 0.15) is 30.3 Å². The fraction of sp³-hybridized carbons (Fsp3) is 0.200. The van der Waals surface area contributed by atoms with E-state index in [1.807, 2.05) is 24.3 Å². The Morgan fingerprint density at radius 2 is 2.11 bits per heavy atom. The molecule has 1 saturated heterocycles. The average molecular weight is 438 g/mol. The van der Waals surface area contributed by atoms with Crippen LogP contribution in [0.15, 0.2) is 57.5 Å². The van der Waals surface area contributed by atoms with E-state index in [1.54, 1.807) is 29.2 Å². The van der Waals surface area contributed by atoms with Crippen LogP contribution in [0.4, 0.5) is 10.5 Å². The standard InChI is InChI=1S/C20H16BrN5O2/c21-15-8-6-14(7-9-15)18-24-19(28-25-18)17-5-2-10-26(17)20(27)23-16-4-1-3-13(11-16)12-22/h1,3-4,6-9,11,17H,2,5,10H2,(H,23,27). The molecule has 1 aromatic heterocycles. The van der Waals surface area contributed by atoms with E-state index in [1.165, 1.54) is 0 Å². The van der Waals surface area contributed by atoms with Gasteiger partial charge in [-0.2, -0.15) is 10.2 Å². The van der Waals surface area contributed by atoms with Crippen LogP contribution in [-0.2, 0) is 0 Å². The monoisotopic (exact) mass is 437 g/mol. The largest absolute Gasteiger partial charge is 0.337 e. The number of aromatic nitrogens is 2. The molecule has 0 radical (unpaired) electrons. The highest BCUT2D eigenvalue weighted by Gasteiger charge is 2.34. The van der Waals surface area contributed by atoms with Gasteiger partial charge in [0.15, 0.2) is 0 Å². The fourth-order valence-electron chi connectivity index (χ4n) is 3.22. The Labute approximate surface area is 170 Å². The summed E-state index contributed by atoms with van der Waals surface area (Å²) in [6.07, 6.45) is 1.61. The van der Waals surface area contributed by atoms with Crippen molar-refractivity contribution in [3.05, 3.63) is 64.5 Å². The second-order valence-electron chi connectivity index (χ2n) is 6.44. The highest BCUT2D eigenvalue weighted by molar-refractivity contribution is 9.10. The second-order valence-corrected chi connectivity index (χ2v) is 7.35. The van der Waals surface area contributed by atoms with E-state index in [9.17, 15) is 4.79 Å². The first-order valence-corrected chi connectivity index (χ1v) is 9.60. The van der Waals surface area contributed by atoms with E-state index in [2.05, 4.69) is 37.5 Å². The molecule has 28 heavy (non-hydrogen) atoms. The van der Waals surface area contributed by atoms with Crippen molar-refractivity contribution in [3.63, 3.8) is 0 Å². The molecule has 8 heteroatoms. The van der Waals surface area contributed by atoms with Crippen molar-refractivity contribution in [2.75, 3.05) is 11.9 Å². The molecule has 0 aliphatic carbocycles. The van der Waals surface area contributed by atoms with Gasteiger partial charge in [-0.05, 0) is 55.3 Å². The maximum atomic E-state index is 12.7. The summed E-state index contributed by atoms with van der Waals surface area (Å²) in [7, 11) is 0. The number of carbonyl (C=O) groups is 1. The molecule has 140 valence electrons. The fourth-order valence-corrected chi connectivity index (χ4v) is 3.48. The zero-order valence-electron chi connectivity index (χ0n) is 14.8. The van der Waals surface area contributed by atoms with Crippen LogP contribution in [0.3, 0.4) is 0 Å². The SMILES string of the molecule is N#Cc1cccc(NC(=O)N2CCCC2c2nc(-c3ccc(Br)cc3)no2)c1. The molecule has 1 N–H and O–H groups in total. The number of carbonyl (C=O) groups excluding carboxylic acids is 1. The molecule has 0 bridgehead atoms. The van der Waals surface area contributed by atoms with Crippen molar-refractivity contribution in [3.8, 4) is 17.5 Å². The third kappa shape index (κ3) is 3.75. The third-order valence-corrected chi connectivity index (χ3v) is 5.11. The minimum atomic E-state index is -0.268. The summed E-state index contributed by atoms with van der Waals surface area (Å²) in [5.41, 5.74) is 1.92. The molecule has 1 atom stereocenters. The first kappa shape index (κ1) is 18.2. The summed E-state index contributed by atoms with van der Waals surface area (Å²) in [6.45, 7) is 0.602. The Morgan fingerprint density at radius 1 is 1.29 bits per heavy atom. The summed E-state index contributed by atoms with van der Waals surface area (Å²) >= 11 is 3.40. The first-order valence-electron chi connectivity index (χ1n) is 8.81. The average Bonchev–Trinajstić information content (AvgIpc) is 3.38. The summed E-state index contributed by atoms with van der Waals surface area (Å²) < 4.78 is 6.43. The van der Waals surface area contributed by atoms with Crippen LogP contribution >= 0.6 is 15.9 Å². The molecule has 2 heterocycles. The molecule has 2 amide bonds. The normalized spacial score (nSPS) is 16.0. The maximum absolute atomic E-state index is 12.7. The lowest BCUT2D eigenvalue weighted by Gasteiger charge is -2.22. The van der Waals surface area contributed by atoms with Gasteiger partial charge in [-0.15, -0.1) is 0 Å². The van der Waals surface area contributed by atoms with Gasteiger partial charge in [0.25, 0.3) is 0 Å². The topological polar surface area (TPSA) is 95.1 Å². The van der Waals surface area contributed by atoms with Crippen molar-refractivity contribution >= 4 is 27.6 Å². The number of urea groups is 1. The van der Waals surface area contributed by atoms with Crippen LogP contribution in [-0.4, -0.2) is 27.6 Å². The zero-order chi connectivity index (χ0) is 19.5. The molecule has 2 aromatic carbocycles. The third-order valence-electron chi connectivity index (χ3n) is 4.59. The van der Waals surface area contributed by atoms with Gasteiger partial charge in [-0.1, -0.05) is 27.2 Å². The molecule has 1 aliphatic rings. The number of nitrogens with one attached hydrogen (secondary N) is 1. The van der Waals surface area contributed by atoms with Gasteiger partial charge < -0.3 is 14.7 Å². The smallest absolute Gasteiger partial charge is 0.322 e. The van der Waals surface area contributed by atoms with E-state index in [-0.39, 0.29) is 12.1 Å². The Bertz CT molecular complexity index is 1040. The number of benzene rings is 2. The number of rotatable bonds is 3. The van der Waals surface area contributed by atoms with Crippen molar-refractivity contribution < 1.29 is 9.32 Å². The minimum Gasteiger partial charge on any atom is -0.337 e. The quantitative estimate of drug-likeness (QED) is 0.638. The maximum Gasteiger partial charge on any atom is 0.322 e.